The van der Waals surface area contributed by atoms with Gasteiger partial charge in [0.05, 0.1) is 0 Å². The fraction of sp³-hybridized carbons (Fsp3) is 0.400. The average Bonchev–Trinajstić information content (AvgIpc) is 2.49. The number of nitrogens with zero attached hydrogens (tertiary/aromatic N) is 2. The number of para-hydroxylation sites is 1. The Kier molecular flexibility index (Phi) is 4.57. The van der Waals surface area contributed by atoms with Crippen molar-refractivity contribution in [3.63, 3.8) is 0 Å². The maximum absolute atomic E-state index is 12.1. The largest absolute Gasteiger partial charge is 0.339 e. The molecular weight excluding hydrogens is 270 g/mol. The molecule has 1 aromatic carbocycles. The number of carbonyl (C=O) groups excluding carboxylic acids is 3. The number of rotatable bonds is 1. The Morgan fingerprint density at radius 2 is 1.57 bits per heavy atom. The second kappa shape index (κ2) is 6.39. The summed E-state index contributed by atoms with van der Waals surface area (Å²) in [6.45, 7) is 5.09. The Bertz CT molecular complexity index is 563. The molecule has 1 aliphatic heterocycles. The second-order valence-electron chi connectivity index (χ2n) is 5.07. The van der Waals surface area contributed by atoms with Gasteiger partial charge in [-0.2, -0.15) is 0 Å². The molecule has 1 N–H and O–H groups in total. The molecule has 1 aliphatic rings. The lowest BCUT2D eigenvalue weighted by atomic mass is 10.2. The number of aryl methyl sites for hydroxylation is 1. The maximum atomic E-state index is 12.1. The third kappa shape index (κ3) is 3.59. The molecule has 6 heteroatoms. The SMILES string of the molecule is CC(=O)N1CCN(C(=O)C(=O)Nc2ccccc2C)CC1. The van der Waals surface area contributed by atoms with Crippen LogP contribution in [0.1, 0.15) is 12.5 Å². The number of hydrogen-bond donors (Lipinski definition) is 1. The van der Waals surface area contributed by atoms with Gasteiger partial charge < -0.3 is 15.1 Å². The zero-order valence-corrected chi connectivity index (χ0v) is 12.3. The van der Waals surface area contributed by atoms with Gasteiger partial charge in [-0.15, -0.1) is 0 Å². The number of carbonyl (C=O) groups is 3. The highest BCUT2D eigenvalue weighted by molar-refractivity contribution is 6.39. The van der Waals surface area contributed by atoms with E-state index < -0.39 is 11.8 Å². The summed E-state index contributed by atoms with van der Waals surface area (Å²) in [6.07, 6.45) is 0. The fourth-order valence-electron chi connectivity index (χ4n) is 2.26. The lowest BCUT2D eigenvalue weighted by Crippen LogP contribution is -2.52. The van der Waals surface area contributed by atoms with Crippen molar-refractivity contribution in [3.05, 3.63) is 29.8 Å². The molecule has 3 amide bonds. The van der Waals surface area contributed by atoms with Crippen LogP contribution in [0.4, 0.5) is 5.69 Å². The van der Waals surface area contributed by atoms with Crippen molar-refractivity contribution >= 4 is 23.4 Å². The molecule has 0 unspecified atom stereocenters. The van der Waals surface area contributed by atoms with E-state index in [1.807, 2.05) is 19.1 Å². The first-order valence-corrected chi connectivity index (χ1v) is 6.90. The second-order valence-corrected chi connectivity index (χ2v) is 5.07. The predicted molar refractivity (Wildman–Crippen MR) is 78.6 cm³/mol. The monoisotopic (exact) mass is 289 g/mol. The molecule has 112 valence electrons. The van der Waals surface area contributed by atoms with Gasteiger partial charge in [0, 0.05) is 38.8 Å². The molecule has 1 heterocycles. The van der Waals surface area contributed by atoms with Gasteiger partial charge in [0.15, 0.2) is 0 Å². The first-order chi connectivity index (χ1) is 9.99. The van der Waals surface area contributed by atoms with Crippen LogP contribution in [0.2, 0.25) is 0 Å². The van der Waals surface area contributed by atoms with Crippen molar-refractivity contribution < 1.29 is 14.4 Å². The van der Waals surface area contributed by atoms with Crippen LogP contribution in [-0.4, -0.2) is 53.7 Å². The van der Waals surface area contributed by atoms with Crippen LogP contribution in [0.15, 0.2) is 24.3 Å². The summed E-state index contributed by atoms with van der Waals surface area (Å²) in [5.41, 5.74) is 1.54. The zero-order valence-electron chi connectivity index (χ0n) is 12.3. The van der Waals surface area contributed by atoms with E-state index in [4.69, 9.17) is 0 Å². The van der Waals surface area contributed by atoms with E-state index in [9.17, 15) is 14.4 Å². The average molecular weight is 289 g/mol. The van der Waals surface area contributed by atoms with E-state index in [1.165, 1.54) is 11.8 Å². The molecule has 0 aromatic heterocycles. The highest BCUT2D eigenvalue weighted by Crippen LogP contribution is 2.13. The van der Waals surface area contributed by atoms with Crippen molar-refractivity contribution in [2.24, 2.45) is 0 Å². The van der Waals surface area contributed by atoms with E-state index in [-0.39, 0.29) is 5.91 Å². The Balaban J connectivity index is 1.93. The summed E-state index contributed by atoms with van der Waals surface area (Å²) in [6, 6.07) is 7.30. The van der Waals surface area contributed by atoms with Crippen LogP contribution in [-0.2, 0) is 14.4 Å². The highest BCUT2D eigenvalue weighted by Gasteiger charge is 2.26. The number of hydrogen-bond acceptors (Lipinski definition) is 3. The van der Waals surface area contributed by atoms with Gasteiger partial charge in [-0.1, -0.05) is 18.2 Å². The first-order valence-electron chi connectivity index (χ1n) is 6.90. The molecule has 2 rings (SSSR count). The minimum atomic E-state index is -0.638. The van der Waals surface area contributed by atoms with Crippen LogP contribution in [0.25, 0.3) is 0 Å². The third-order valence-corrected chi connectivity index (χ3v) is 3.60. The lowest BCUT2D eigenvalue weighted by molar-refractivity contribution is -0.145. The maximum Gasteiger partial charge on any atom is 0.313 e. The Labute approximate surface area is 123 Å². The van der Waals surface area contributed by atoms with E-state index in [1.54, 1.807) is 17.0 Å². The van der Waals surface area contributed by atoms with Crippen molar-refractivity contribution in [3.8, 4) is 0 Å². The molecule has 0 aliphatic carbocycles. The molecule has 0 bridgehead atoms. The van der Waals surface area contributed by atoms with Gasteiger partial charge in [-0.3, -0.25) is 14.4 Å². The zero-order chi connectivity index (χ0) is 15.4. The molecule has 0 atom stereocenters. The summed E-state index contributed by atoms with van der Waals surface area (Å²) >= 11 is 0. The van der Waals surface area contributed by atoms with Crippen LogP contribution in [0, 0.1) is 6.92 Å². The normalized spacial score (nSPS) is 14.8. The quantitative estimate of drug-likeness (QED) is 0.771. The Morgan fingerprint density at radius 1 is 1.00 bits per heavy atom. The van der Waals surface area contributed by atoms with E-state index >= 15 is 0 Å². The van der Waals surface area contributed by atoms with Gasteiger partial charge in [0.1, 0.15) is 0 Å². The lowest BCUT2D eigenvalue weighted by Gasteiger charge is -2.33. The number of nitrogens with one attached hydrogen (secondary N) is 1. The van der Waals surface area contributed by atoms with Crippen molar-refractivity contribution in [2.75, 3.05) is 31.5 Å². The van der Waals surface area contributed by atoms with Crippen LogP contribution in [0.3, 0.4) is 0 Å². The van der Waals surface area contributed by atoms with Crippen LogP contribution >= 0.6 is 0 Å². The number of benzene rings is 1. The van der Waals surface area contributed by atoms with E-state index in [0.29, 0.717) is 31.9 Å². The van der Waals surface area contributed by atoms with Gasteiger partial charge >= 0.3 is 11.8 Å². The van der Waals surface area contributed by atoms with Crippen LogP contribution in [0.5, 0.6) is 0 Å². The van der Waals surface area contributed by atoms with Crippen molar-refractivity contribution in [1.82, 2.24) is 9.80 Å². The number of anilines is 1. The standard InChI is InChI=1S/C15H19N3O3/c1-11-5-3-4-6-13(11)16-14(20)15(21)18-9-7-17(8-10-18)12(2)19/h3-6H,7-10H2,1-2H3,(H,16,20). The molecule has 1 saturated heterocycles. The molecular formula is C15H19N3O3. The Morgan fingerprint density at radius 3 is 2.14 bits per heavy atom. The van der Waals surface area contributed by atoms with E-state index in [2.05, 4.69) is 5.32 Å². The van der Waals surface area contributed by atoms with Gasteiger partial charge in [-0.25, -0.2) is 0 Å². The molecule has 0 saturated carbocycles. The highest BCUT2D eigenvalue weighted by atomic mass is 16.2. The summed E-state index contributed by atoms with van der Waals surface area (Å²) in [4.78, 5) is 38.5. The van der Waals surface area contributed by atoms with Gasteiger partial charge in [0.2, 0.25) is 5.91 Å². The van der Waals surface area contributed by atoms with Gasteiger partial charge in [-0.05, 0) is 18.6 Å². The summed E-state index contributed by atoms with van der Waals surface area (Å²) in [5.74, 6) is -1.20. The molecule has 6 nitrogen and oxygen atoms in total. The smallest absolute Gasteiger partial charge is 0.313 e. The fourth-order valence-corrected chi connectivity index (χ4v) is 2.26. The molecule has 0 radical (unpaired) electrons. The minimum absolute atomic E-state index is 0.00791. The summed E-state index contributed by atoms with van der Waals surface area (Å²) in [5, 5.41) is 2.63. The van der Waals surface area contributed by atoms with Gasteiger partial charge in [0.25, 0.3) is 0 Å². The molecule has 1 aromatic rings. The van der Waals surface area contributed by atoms with Crippen molar-refractivity contribution in [1.29, 1.82) is 0 Å². The Hall–Kier alpha value is -2.37. The summed E-state index contributed by atoms with van der Waals surface area (Å²) in [7, 11) is 0. The molecule has 0 spiro atoms. The predicted octanol–water partition coefficient (Wildman–Crippen LogP) is 0.624. The topological polar surface area (TPSA) is 69.7 Å². The first kappa shape index (κ1) is 15.0. The van der Waals surface area contributed by atoms with Crippen molar-refractivity contribution in [2.45, 2.75) is 13.8 Å². The minimum Gasteiger partial charge on any atom is -0.339 e. The van der Waals surface area contributed by atoms with E-state index in [0.717, 1.165) is 5.56 Å². The number of amides is 3. The molecule has 1 fully saturated rings. The van der Waals surface area contributed by atoms with Crippen LogP contribution < -0.4 is 5.32 Å². The number of piperazine rings is 1. The third-order valence-electron chi connectivity index (χ3n) is 3.60. The summed E-state index contributed by atoms with van der Waals surface area (Å²) < 4.78 is 0. The molecule has 21 heavy (non-hydrogen) atoms.